The molecule has 0 spiro atoms. The van der Waals surface area contributed by atoms with Crippen LogP contribution in [0.15, 0.2) is 115 Å². The molecule has 19 unspecified atom stereocenters. The van der Waals surface area contributed by atoms with Gasteiger partial charge in [-0.3, -0.25) is 28.8 Å². The highest BCUT2D eigenvalue weighted by Crippen LogP contribution is 2.65. The molecule has 10 bridgehead atoms. The second-order valence-electron chi connectivity index (χ2n) is 33.1. The van der Waals surface area contributed by atoms with Crippen LogP contribution in [0.5, 0.6) is 0 Å². The molecule has 3 aromatic carbocycles. The number of Topliss-reactive ketones (excluding diaryl/α,β-unsaturated/α-hetero) is 1. The van der Waals surface area contributed by atoms with E-state index in [0.717, 1.165) is 33.1 Å². The fourth-order valence-corrected chi connectivity index (χ4v) is 22.2. The molecular formula is C82H107N5O18. The van der Waals surface area contributed by atoms with Gasteiger partial charge in [-0.05, 0) is 122 Å². The van der Waals surface area contributed by atoms with Gasteiger partial charge in [0, 0.05) is 104 Å². The number of benzene rings is 3. The number of nitrogens with one attached hydrogen (secondary N) is 5. The zero-order chi connectivity index (χ0) is 75.3. The number of carbonyl (C=O) groups is 8. The lowest BCUT2D eigenvalue weighted by atomic mass is 9.44. The number of aliphatic hydroxyl groups is 3. The Balaban J connectivity index is 0.887. The number of rotatable bonds is 17. The zero-order valence-electron chi connectivity index (χ0n) is 62.4. The molecule has 8 N–H and O–H groups in total. The number of carbonyl (C=O) groups excluding carboxylic acids is 8. The van der Waals surface area contributed by atoms with Crippen LogP contribution in [0.4, 0.5) is 0 Å². The largest absolute Gasteiger partial charge is 0.469 e. The second kappa shape index (κ2) is 29.4. The van der Waals surface area contributed by atoms with E-state index in [1.54, 1.807) is 99.6 Å². The van der Waals surface area contributed by atoms with E-state index in [1.807, 2.05) is 0 Å². The van der Waals surface area contributed by atoms with Gasteiger partial charge in [0.25, 0.3) is 5.91 Å². The highest BCUT2D eigenvalue weighted by atomic mass is 16.6. The van der Waals surface area contributed by atoms with Crippen molar-refractivity contribution in [1.82, 2.24) is 26.6 Å². The van der Waals surface area contributed by atoms with Crippen LogP contribution in [0, 0.1) is 75.9 Å². The molecule has 23 nitrogen and oxygen atoms in total. The Hall–Kier alpha value is -7.22. The Morgan fingerprint density at radius 2 is 1.30 bits per heavy atom. The predicted molar refractivity (Wildman–Crippen MR) is 384 cm³/mol. The van der Waals surface area contributed by atoms with E-state index in [-0.39, 0.29) is 126 Å². The first-order valence-electron chi connectivity index (χ1n) is 38.1. The lowest BCUT2D eigenvalue weighted by Crippen LogP contribution is -2.82. The maximum atomic E-state index is 16.3. The van der Waals surface area contributed by atoms with Gasteiger partial charge in [-0.1, -0.05) is 128 Å². The molecule has 0 aromatic heterocycles. The summed E-state index contributed by atoms with van der Waals surface area (Å²) in [5.41, 5.74) is -7.71. The number of hydrogen-bond donors (Lipinski definition) is 8. The standard InChI is InChI=1S/C82H107N5O18/c1-14-49-39(3)52-33-54-41(5)51(67(85-54)63-64(77(96)99-13)69(92)62-42(6)55(86-68(62)63)35-57-50(15-2)40(4)53(84-57)34-56(49)83-52)31-32-61(91)103-71(66(46-25-19-16-20-26-46)87-75(94)47-27-21-17-22-28-47)78(97)102-58-37-82(98)74(104-76(95)48-29-23-18-24-30-48)72-80(12,59(90)36-60-81(72,38-100-60)105-45(9)89)73(93)70(101-44(8)88)65(43(58)7)79(82,10)11/h14,16-30,39-42,49-60,62-64,66-72,74,83-86,90,92,98H,1,15,31-38H2,2-13H3,(H,87,94)/t39?,40?,41?,42?,49?,50?,51?,52?,53?,54?,55?,56?,57?,58-,59-,60+,62?,63?,64?,66+,67?,68?,69?,70+,71-,72-,74-,80+,81-,82+/m0/s1. The van der Waals surface area contributed by atoms with Crippen LogP contribution in [0.3, 0.4) is 0 Å². The summed E-state index contributed by atoms with van der Waals surface area (Å²) in [7, 11) is 1.35. The van der Waals surface area contributed by atoms with E-state index < -0.39 is 149 Å². The maximum absolute atomic E-state index is 16.3. The van der Waals surface area contributed by atoms with Crippen LogP contribution in [0.1, 0.15) is 160 Å². The lowest BCUT2D eigenvalue weighted by Gasteiger charge is -2.67. The quantitative estimate of drug-likeness (QED) is 0.0383. The van der Waals surface area contributed by atoms with Gasteiger partial charge < -0.3 is 75.1 Å². The summed E-state index contributed by atoms with van der Waals surface area (Å²) >= 11 is 0. The minimum absolute atomic E-state index is 0.00932. The third-order valence-electron chi connectivity index (χ3n) is 27.8. The van der Waals surface area contributed by atoms with Crippen molar-refractivity contribution in [2.45, 2.75) is 236 Å². The minimum atomic E-state index is -2.53. The maximum Gasteiger partial charge on any atom is 0.350 e. The van der Waals surface area contributed by atoms with Crippen LogP contribution < -0.4 is 26.6 Å². The molecule has 9 fully saturated rings. The number of aliphatic hydroxyl groups excluding tert-OH is 2. The summed E-state index contributed by atoms with van der Waals surface area (Å²) in [5, 5.41) is 59.0. The average Bonchev–Trinajstić information content (AvgIpc) is 1.47. The minimum Gasteiger partial charge on any atom is -0.469 e. The molecule has 0 radical (unpaired) electrons. The molecule has 6 heterocycles. The van der Waals surface area contributed by atoms with Crippen LogP contribution in [-0.4, -0.2) is 179 Å². The fourth-order valence-electron chi connectivity index (χ4n) is 22.2. The molecule has 105 heavy (non-hydrogen) atoms. The van der Waals surface area contributed by atoms with Crippen molar-refractivity contribution < 1.29 is 86.8 Å². The number of hydrogen-bond acceptors (Lipinski definition) is 22. The number of methoxy groups -OCH3 is 1. The van der Waals surface area contributed by atoms with Gasteiger partial charge in [0.1, 0.15) is 30.0 Å². The van der Waals surface area contributed by atoms with Crippen LogP contribution >= 0.6 is 0 Å². The molecule has 6 saturated heterocycles. The van der Waals surface area contributed by atoms with E-state index in [4.69, 9.17) is 33.2 Å². The van der Waals surface area contributed by atoms with Crippen molar-refractivity contribution in [1.29, 1.82) is 0 Å². The third-order valence-corrected chi connectivity index (χ3v) is 27.8. The second-order valence-corrected chi connectivity index (χ2v) is 33.1. The predicted octanol–water partition coefficient (Wildman–Crippen LogP) is 7.00. The van der Waals surface area contributed by atoms with E-state index >= 15 is 14.4 Å². The summed E-state index contributed by atoms with van der Waals surface area (Å²) in [4.78, 5) is 119. The highest BCUT2D eigenvalue weighted by Gasteiger charge is 2.79. The molecule has 3 aromatic rings. The van der Waals surface area contributed by atoms with Crippen LogP contribution in [0.25, 0.3) is 0 Å². The van der Waals surface area contributed by atoms with Crippen LogP contribution in [0.2, 0.25) is 0 Å². The van der Waals surface area contributed by atoms with Crippen molar-refractivity contribution in [3.05, 3.63) is 131 Å². The van der Waals surface area contributed by atoms with E-state index in [9.17, 15) is 39.3 Å². The molecule has 3 saturated carbocycles. The number of esters is 6. The topological polar surface area (TPSA) is 322 Å². The van der Waals surface area contributed by atoms with Gasteiger partial charge in [0.15, 0.2) is 17.5 Å². The smallest absolute Gasteiger partial charge is 0.350 e. The Kier molecular flexibility index (Phi) is 21.3. The Morgan fingerprint density at radius 3 is 1.92 bits per heavy atom. The van der Waals surface area contributed by atoms with Crippen molar-refractivity contribution >= 4 is 47.5 Å². The Morgan fingerprint density at radius 1 is 0.714 bits per heavy atom. The summed E-state index contributed by atoms with van der Waals surface area (Å²) in [6.45, 7) is 23.6. The first kappa shape index (κ1) is 76.0. The monoisotopic (exact) mass is 1450 g/mol. The summed E-state index contributed by atoms with van der Waals surface area (Å²) in [6, 6.07) is 22.9. The number of amides is 1. The first-order chi connectivity index (χ1) is 49.9. The zero-order valence-corrected chi connectivity index (χ0v) is 62.4. The molecule has 23 heteroatoms. The van der Waals surface area contributed by atoms with Gasteiger partial charge in [0.05, 0.1) is 48.7 Å². The molecule has 4 aliphatic carbocycles. The SMILES string of the molecule is C=CC1C2CC3NC(CC4NC5C(C4C)C(O)C(C(=O)OC)C5C4NC(CC(N2)C1C)C(C)C4CCC(=O)O[C@H](C(=O)O[C@H]1C[C@@]2(O)[C@@H](OC(=O)c4ccccc4)[C@@H]4[C@]5(OC(C)=O)CO[C@@H]5C[C@H](O)[C@@]4(C)C(=O)[C@H](OC(C)=O)C(=C1C)C2(C)C)[C@H](NC(=O)c1ccccc1)c1ccccc1)C(CC)C3C. The third kappa shape index (κ3) is 13.0. The van der Waals surface area contributed by atoms with Crippen molar-refractivity contribution in [3.8, 4) is 0 Å². The molecule has 1 amide bonds. The normalized spacial score (nSPS) is 41.1. The highest BCUT2D eigenvalue weighted by molar-refractivity contribution is 5.96. The summed E-state index contributed by atoms with van der Waals surface area (Å²) < 4.78 is 44.0. The number of ketones is 1. The van der Waals surface area contributed by atoms with Crippen molar-refractivity contribution in [2.75, 3.05) is 13.7 Å². The first-order valence-corrected chi connectivity index (χ1v) is 38.1. The Bertz CT molecular complexity index is 3840. The van der Waals surface area contributed by atoms with E-state index in [0.29, 0.717) is 23.8 Å². The molecule has 6 aliphatic heterocycles. The van der Waals surface area contributed by atoms with Crippen molar-refractivity contribution in [2.24, 2.45) is 75.9 Å². The van der Waals surface area contributed by atoms with Gasteiger partial charge in [-0.15, -0.1) is 6.58 Å². The van der Waals surface area contributed by atoms with E-state index in [1.165, 1.54) is 26.2 Å². The lowest BCUT2D eigenvalue weighted by molar-refractivity contribution is -0.346. The van der Waals surface area contributed by atoms with Gasteiger partial charge in [-0.25, -0.2) is 9.59 Å². The van der Waals surface area contributed by atoms with Gasteiger partial charge in [0.2, 0.25) is 6.10 Å². The van der Waals surface area contributed by atoms with Gasteiger partial charge >= 0.3 is 35.8 Å². The molecule has 30 atom stereocenters. The van der Waals surface area contributed by atoms with Gasteiger partial charge in [-0.2, -0.15) is 0 Å². The molecule has 10 aliphatic rings. The van der Waals surface area contributed by atoms with Crippen molar-refractivity contribution in [3.63, 3.8) is 0 Å². The average molecular weight is 1450 g/mol. The van der Waals surface area contributed by atoms with Crippen LogP contribution in [-0.2, 0) is 61.9 Å². The Labute approximate surface area is 615 Å². The molecule has 13 rings (SSSR count). The fraction of sp³-hybridized carbons (Fsp3) is 0.634. The number of fused-ring (bicyclic) bond motifs is 13. The molecule has 568 valence electrons. The summed E-state index contributed by atoms with van der Waals surface area (Å²) in [5.74, 6) is -9.44. The number of ether oxygens (including phenoxy) is 7. The molecular weight excluding hydrogens is 1340 g/mol. The van der Waals surface area contributed by atoms with E-state index in [2.05, 4.69) is 73.9 Å². The summed E-state index contributed by atoms with van der Waals surface area (Å²) in [6.07, 6.45) is -6.72.